The molecule has 1 aromatic rings. The minimum Gasteiger partial charge on any atom is -0.490 e. The number of esters is 1. The summed E-state index contributed by atoms with van der Waals surface area (Å²) in [5.74, 6) is -0.955. The smallest absolute Gasteiger partial charge is 0.314 e. The fourth-order valence-corrected chi connectivity index (χ4v) is 6.14. The normalized spacial score (nSPS) is 24.8. The molecule has 1 aromatic carbocycles. The van der Waals surface area contributed by atoms with Gasteiger partial charge in [0, 0.05) is 0 Å². The molecule has 0 unspecified atom stereocenters. The summed E-state index contributed by atoms with van der Waals surface area (Å²) < 4.78 is 39.8. The fraction of sp³-hybridized carbons (Fsp3) is 0.767. The molecular weight excluding hydrogens is 446 g/mol. The number of hydrogen-bond donors (Lipinski definition) is 0. The van der Waals surface area contributed by atoms with E-state index in [1.807, 2.05) is 0 Å². The van der Waals surface area contributed by atoms with Crippen molar-refractivity contribution in [1.29, 1.82) is 0 Å². The zero-order chi connectivity index (χ0) is 25.0. The minimum atomic E-state index is -1.14. The number of ether oxygens (including phenoxy) is 2. The van der Waals surface area contributed by atoms with Crippen LogP contribution in [0.3, 0.4) is 0 Å². The summed E-state index contributed by atoms with van der Waals surface area (Å²) in [5.41, 5.74) is 0. The lowest BCUT2D eigenvalue weighted by molar-refractivity contribution is -0.140. The van der Waals surface area contributed by atoms with Gasteiger partial charge in [-0.25, -0.2) is 0 Å². The van der Waals surface area contributed by atoms with E-state index in [9.17, 15) is 13.6 Å². The summed E-state index contributed by atoms with van der Waals surface area (Å²) >= 11 is 0. The first-order valence-corrected chi connectivity index (χ1v) is 14.4. The number of carbonyl (C=O) groups excluding carboxylic acids is 1. The van der Waals surface area contributed by atoms with Crippen LogP contribution in [-0.4, -0.2) is 12.6 Å². The second kappa shape index (κ2) is 14.8. The van der Waals surface area contributed by atoms with Crippen molar-refractivity contribution in [2.75, 3.05) is 6.61 Å². The minimum absolute atomic E-state index is 0.120. The van der Waals surface area contributed by atoms with Gasteiger partial charge in [0.05, 0.1) is 12.5 Å². The molecule has 0 aliphatic heterocycles. The topological polar surface area (TPSA) is 35.5 Å². The van der Waals surface area contributed by atoms with E-state index in [1.165, 1.54) is 69.9 Å². The third-order valence-corrected chi connectivity index (χ3v) is 8.34. The van der Waals surface area contributed by atoms with E-state index < -0.39 is 17.6 Å². The third kappa shape index (κ3) is 8.46. The number of benzene rings is 1. The van der Waals surface area contributed by atoms with E-state index in [0.29, 0.717) is 12.5 Å². The van der Waals surface area contributed by atoms with Gasteiger partial charge in [0.25, 0.3) is 0 Å². The van der Waals surface area contributed by atoms with Crippen LogP contribution >= 0.6 is 0 Å². The van der Waals surface area contributed by atoms with E-state index in [-0.39, 0.29) is 17.4 Å². The van der Waals surface area contributed by atoms with Crippen LogP contribution in [0.4, 0.5) is 8.78 Å². The molecule has 0 N–H and O–H groups in total. The molecule has 2 saturated carbocycles. The average Bonchev–Trinajstić information content (AvgIpc) is 2.88. The first kappa shape index (κ1) is 27.9. The summed E-state index contributed by atoms with van der Waals surface area (Å²) in [7, 11) is 0. The highest BCUT2D eigenvalue weighted by Gasteiger charge is 2.34. The Labute approximate surface area is 211 Å². The molecule has 0 amide bonds. The molecule has 3 nitrogen and oxygen atoms in total. The SMILES string of the molecule is CCCCCCCCOc1ccc(OC(=O)[C@H]2CC[C@H]([C@H]3CC[C@H](CCC)CC3)CC2)c(F)c1F. The number of hydrogen-bond acceptors (Lipinski definition) is 3. The molecular formula is C30H46F2O3. The summed E-state index contributed by atoms with van der Waals surface area (Å²) in [6, 6.07) is 2.68. The Kier molecular flexibility index (Phi) is 11.8. The lowest BCUT2D eigenvalue weighted by Gasteiger charge is -2.37. The summed E-state index contributed by atoms with van der Waals surface area (Å²) in [4.78, 5) is 12.7. The van der Waals surface area contributed by atoms with Crippen molar-refractivity contribution in [3.8, 4) is 11.5 Å². The van der Waals surface area contributed by atoms with Crippen molar-refractivity contribution in [3.05, 3.63) is 23.8 Å². The summed E-state index contributed by atoms with van der Waals surface area (Å²) in [5, 5.41) is 0. The zero-order valence-electron chi connectivity index (χ0n) is 22.0. The molecule has 2 aliphatic rings. The quantitative estimate of drug-likeness (QED) is 0.156. The van der Waals surface area contributed by atoms with Crippen LogP contribution in [0.25, 0.3) is 0 Å². The number of unbranched alkanes of at least 4 members (excludes halogenated alkanes) is 5. The molecule has 5 heteroatoms. The van der Waals surface area contributed by atoms with Crippen LogP contribution in [0.15, 0.2) is 12.1 Å². The second-order valence-corrected chi connectivity index (χ2v) is 10.9. The van der Waals surface area contributed by atoms with Crippen LogP contribution < -0.4 is 9.47 Å². The third-order valence-electron chi connectivity index (χ3n) is 8.34. The monoisotopic (exact) mass is 492 g/mol. The second-order valence-electron chi connectivity index (χ2n) is 10.9. The maximum atomic E-state index is 14.6. The van der Waals surface area contributed by atoms with Crippen LogP contribution in [0.1, 0.15) is 117 Å². The highest BCUT2D eigenvalue weighted by Crippen LogP contribution is 2.42. The molecule has 0 spiro atoms. The van der Waals surface area contributed by atoms with Gasteiger partial charge in [-0.05, 0) is 74.8 Å². The Bertz CT molecular complexity index is 765. The van der Waals surface area contributed by atoms with Gasteiger partial charge >= 0.3 is 5.97 Å². The average molecular weight is 493 g/mol. The zero-order valence-corrected chi connectivity index (χ0v) is 22.0. The Hall–Kier alpha value is -1.65. The molecule has 0 bridgehead atoms. The van der Waals surface area contributed by atoms with Crippen molar-refractivity contribution < 1.29 is 23.0 Å². The molecule has 35 heavy (non-hydrogen) atoms. The lowest BCUT2D eigenvalue weighted by atomic mass is 9.69. The summed E-state index contributed by atoms with van der Waals surface area (Å²) in [6.07, 6.45) is 18.2. The first-order valence-electron chi connectivity index (χ1n) is 14.4. The van der Waals surface area contributed by atoms with Crippen molar-refractivity contribution >= 4 is 5.97 Å². The molecule has 0 radical (unpaired) electrons. The van der Waals surface area contributed by atoms with E-state index in [2.05, 4.69) is 13.8 Å². The van der Waals surface area contributed by atoms with Gasteiger partial charge in [-0.1, -0.05) is 71.6 Å². The van der Waals surface area contributed by atoms with Crippen molar-refractivity contribution in [1.82, 2.24) is 0 Å². The molecule has 0 heterocycles. The van der Waals surface area contributed by atoms with Crippen molar-refractivity contribution in [3.63, 3.8) is 0 Å². The van der Waals surface area contributed by atoms with Gasteiger partial charge in [-0.3, -0.25) is 4.79 Å². The van der Waals surface area contributed by atoms with Gasteiger partial charge in [-0.15, -0.1) is 0 Å². The number of carbonyl (C=O) groups is 1. The predicted molar refractivity (Wildman–Crippen MR) is 137 cm³/mol. The van der Waals surface area contributed by atoms with E-state index in [4.69, 9.17) is 9.47 Å². The van der Waals surface area contributed by atoms with Crippen molar-refractivity contribution in [2.45, 2.75) is 117 Å². The standard InChI is InChI=1S/C30H46F2O3/c1-3-5-6-7-8-9-21-34-26-19-20-27(29(32)28(26)31)35-30(33)25-17-15-24(16-18-25)23-13-11-22(10-4-2)12-14-23/h19-20,22-25H,3-18,21H2,1-2H3/t22-,23-,24-,25-. The van der Waals surface area contributed by atoms with Gasteiger partial charge in [0.2, 0.25) is 11.6 Å². The Morgan fingerprint density at radius 2 is 1.34 bits per heavy atom. The van der Waals surface area contributed by atoms with Gasteiger partial charge in [0.15, 0.2) is 11.5 Å². The van der Waals surface area contributed by atoms with Crippen LogP contribution in [0, 0.1) is 35.3 Å². The van der Waals surface area contributed by atoms with Gasteiger partial charge in [-0.2, -0.15) is 8.78 Å². The predicted octanol–water partition coefficient (Wildman–Crippen LogP) is 9.02. The maximum absolute atomic E-state index is 14.6. The molecule has 2 fully saturated rings. The molecule has 3 rings (SSSR count). The van der Waals surface area contributed by atoms with Crippen LogP contribution in [-0.2, 0) is 4.79 Å². The van der Waals surface area contributed by atoms with Gasteiger partial charge < -0.3 is 9.47 Å². The highest BCUT2D eigenvalue weighted by atomic mass is 19.2. The highest BCUT2D eigenvalue weighted by molar-refractivity contribution is 5.75. The molecule has 0 aromatic heterocycles. The van der Waals surface area contributed by atoms with E-state index in [0.717, 1.165) is 56.8 Å². The van der Waals surface area contributed by atoms with Crippen LogP contribution in [0.2, 0.25) is 0 Å². The molecule has 198 valence electrons. The Morgan fingerprint density at radius 1 is 0.771 bits per heavy atom. The fourth-order valence-electron chi connectivity index (χ4n) is 6.14. The largest absolute Gasteiger partial charge is 0.490 e. The number of halogens is 2. The van der Waals surface area contributed by atoms with E-state index >= 15 is 0 Å². The van der Waals surface area contributed by atoms with Crippen molar-refractivity contribution in [2.24, 2.45) is 23.7 Å². The molecule has 0 atom stereocenters. The number of rotatable bonds is 13. The lowest BCUT2D eigenvalue weighted by Crippen LogP contribution is -2.30. The first-order chi connectivity index (χ1) is 17.0. The molecule has 0 saturated heterocycles. The maximum Gasteiger partial charge on any atom is 0.314 e. The van der Waals surface area contributed by atoms with E-state index in [1.54, 1.807) is 0 Å². The van der Waals surface area contributed by atoms with Crippen LogP contribution in [0.5, 0.6) is 11.5 Å². The van der Waals surface area contributed by atoms with Gasteiger partial charge in [0.1, 0.15) is 0 Å². The Morgan fingerprint density at radius 3 is 2.00 bits per heavy atom. The molecule has 2 aliphatic carbocycles. The summed E-state index contributed by atoms with van der Waals surface area (Å²) in [6.45, 7) is 4.79. The Balaban J connectivity index is 1.41.